The molecule has 1 aliphatic rings. The Kier molecular flexibility index (Phi) is 4.42. The second kappa shape index (κ2) is 6.31. The second-order valence-corrected chi connectivity index (χ2v) is 7.53. The van der Waals surface area contributed by atoms with E-state index in [1.807, 2.05) is 0 Å². The fourth-order valence-corrected chi connectivity index (χ4v) is 3.86. The smallest absolute Gasteiger partial charge is 0.330 e. The number of aryl methyl sites for hydroxylation is 1. The van der Waals surface area contributed by atoms with Crippen LogP contribution in [-0.4, -0.2) is 41.7 Å². The van der Waals surface area contributed by atoms with Crippen LogP contribution in [0.4, 0.5) is 19.0 Å². The lowest BCUT2D eigenvalue weighted by Gasteiger charge is -2.29. The summed E-state index contributed by atoms with van der Waals surface area (Å²) < 4.78 is 66.6. The first-order valence-electron chi connectivity index (χ1n) is 7.56. The van der Waals surface area contributed by atoms with Crippen LogP contribution in [0, 0.1) is 0 Å². The molecule has 0 bridgehead atoms. The molecule has 0 radical (unpaired) electrons. The average molecular weight is 388 g/mol. The van der Waals surface area contributed by atoms with Gasteiger partial charge in [-0.2, -0.15) is 18.3 Å². The highest BCUT2D eigenvalue weighted by Crippen LogP contribution is 2.27. The molecule has 0 atom stereocenters. The summed E-state index contributed by atoms with van der Waals surface area (Å²) in [5.41, 5.74) is 1.09. The predicted octanol–water partition coefficient (Wildman–Crippen LogP) is 1.67. The highest BCUT2D eigenvalue weighted by molar-refractivity contribution is 7.92. The number of nitrogens with zero attached hydrogens (tertiary/aromatic N) is 3. The third kappa shape index (κ3) is 3.52. The van der Waals surface area contributed by atoms with Gasteiger partial charge in [0.2, 0.25) is 0 Å². The van der Waals surface area contributed by atoms with E-state index in [0.717, 1.165) is 5.56 Å². The molecular formula is C15H15F3N4O3S. The van der Waals surface area contributed by atoms with E-state index in [1.165, 1.54) is 29.1 Å². The molecule has 1 aliphatic heterocycles. The molecule has 0 spiro atoms. The van der Waals surface area contributed by atoms with Crippen molar-refractivity contribution >= 4 is 21.7 Å². The first-order chi connectivity index (χ1) is 12.1. The van der Waals surface area contributed by atoms with E-state index >= 15 is 0 Å². The first kappa shape index (κ1) is 18.2. The normalized spacial score (nSPS) is 14.8. The number of benzene rings is 1. The maximum Gasteiger partial charge on any atom is 0.471 e. The molecule has 2 aromatic rings. The van der Waals surface area contributed by atoms with Crippen LogP contribution >= 0.6 is 0 Å². The summed E-state index contributed by atoms with van der Waals surface area (Å²) in [4.78, 5) is 12.0. The number of nitrogens with one attached hydrogen (secondary N) is 1. The second-order valence-electron chi connectivity index (χ2n) is 5.85. The Hall–Kier alpha value is -2.56. The van der Waals surface area contributed by atoms with Crippen molar-refractivity contribution in [1.29, 1.82) is 0 Å². The number of halogens is 3. The minimum Gasteiger partial charge on any atom is -0.330 e. The van der Waals surface area contributed by atoms with Gasteiger partial charge in [-0.25, -0.2) is 8.42 Å². The van der Waals surface area contributed by atoms with Crippen LogP contribution in [0.15, 0.2) is 35.4 Å². The molecule has 1 aromatic carbocycles. The molecule has 26 heavy (non-hydrogen) atoms. The van der Waals surface area contributed by atoms with E-state index in [9.17, 15) is 26.4 Å². The fourth-order valence-electron chi connectivity index (χ4n) is 2.72. The van der Waals surface area contributed by atoms with Crippen molar-refractivity contribution in [3.63, 3.8) is 0 Å². The van der Waals surface area contributed by atoms with E-state index < -0.39 is 22.1 Å². The third-order valence-electron chi connectivity index (χ3n) is 4.09. The summed E-state index contributed by atoms with van der Waals surface area (Å²) in [6, 6.07) is 5.71. The molecule has 3 rings (SSSR count). The molecule has 1 N–H and O–H groups in total. The van der Waals surface area contributed by atoms with Gasteiger partial charge >= 0.3 is 12.1 Å². The molecule has 0 saturated carbocycles. The summed E-state index contributed by atoms with van der Waals surface area (Å²) in [7, 11) is -2.38. The molecule has 7 nitrogen and oxygen atoms in total. The minimum absolute atomic E-state index is 0.0648. The summed E-state index contributed by atoms with van der Waals surface area (Å²) >= 11 is 0. The van der Waals surface area contributed by atoms with Gasteiger partial charge in [-0.05, 0) is 29.7 Å². The highest BCUT2D eigenvalue weighted by atomic mass is 32.2. The van der Waals surface area contributed by atoms with Gasteiger partial charge in [0.25, 0.3) is 10.0 Å². The average Bonchev–Trinajstić information content (AvgIpc) is 2.96. The van der Waals surface area contributed by atoms with Crippen molar-refractivity contribution in [3.8, 4) is 0 Å². The molecular weight excluding hydrogens is 373 g/mol. The molecule has 11 heteroatoms. The van der Waals surface area contributed by atoms with Crippen molar-refractivity contribution in [3.05, 3.63) is 41.6 Å². The summed E-state index contributed by atoms with van der Waals surface area (Å²) in [5.74, 6) is -1.68. The SMILES string of the molecule is Cn1nccc1NS(=O)(=O)c1ccc2c(c1)CN(C(=O)C(F)(F)F)CC2. The summed E-state index contributed by atoms with van der Waals surface area (Å²) in [6.07, 6.45) is -3.31. The number of alkyl halides is 3. The van der Waals surface area contributed by atoms with Gasteiger partial charge < -0.3 is 4.90 Å². The number of carbonyl (C=O) groups excluding carboxylic acids is 1. The van der Waals surface area contributed by atoms with Crippen LogP contribution in [0.1, 0.15) is 11.1 Å². The molecule has 140 valence electrons. The lowest BCUT2D eigenvalue weighted by molar-refractivity contribution is -0.186. The van der Waals surface area contributed by atoms with E-state index in [0.29, 0.717) is 10.5 Å². The molecule has 1 amide bonds. The van der Waals surface area contributed by atoms with E-state index in [1.54, 1.807) is 13.1 Å². The Morgan fingerprint density at radius 3 is 2.58 bits per heavy atom. The van der Waals surface area contributed by atoms with Crippen LogP contribution in [0.2, 0.25) is 0 Å². The van der Waals surface area contributed by atoms with E-state index in [4.69, 9.17) is 0 Å². The zero-order chi connectivity index (χ0) is 19.1. The number of sulfonamides is 1. The zero-order valence-electron chi connectivity index (χ0n) is 13.6. The van der Waals surface area contributed by atoms with Crippen molar-refractivity contribution in [2.75, 3.05) is 11.3 Å². The van der Waals surface area contributed by atoms with Gasteiger partial charge in [0.05, 0.1) is 11.1 Å². The van der Waals surface area contributed by atoms with Crippen LogP contribution in [0.25, 0.3) is 0 Å². The predicted molar refractivity (Wildman–Crippen MR) is 85.6 cm³/mol. The Bertz CT molecular complexity index is 953. The van der Waals surface area contributed by atoms with Crippen LogP contribution < -0.4 is 4.72 Å². The molecule has 0 unspecified atom stereocenters. The molecule has 0 aliphatic carbocycles. The number of aromatic nitrogens is 2. The number of amides is 1. The van der Waals surface area contributed by atoms with Crippen LogP contribution in [0.5, 0.6) is 0 Å². The van der Waals surface area contributed by atoms with Crippen LogP contribution in [0.3, 0.4) is 0 Å². The lowest BCUT2D eigenvalue weighted by Crippen LogP contribution is -2.43. The van der Waals surface area contributed by atoms with Crippen molar-refractivity contribution in [1.82, 2.24) is 14.7 Å². The molecule has 0 fully saturated rings. The molecule has 2 heterocycles. The standard InChI is InChI=1S/C15H15F3N4O3S/c1-21-13(4-6-19-21)20-26(24,25)12-3-2-10-5-7-22(9-11(10)8-12)14(23)15(16,17)18/h2-4,6,8,20H,5,7,9H2,1H3. The number of anilines is 1. The summed E-state index contributed by atoms with van der Waals surface area (Å²) in [5, 5.41) is 3.86. The maximum atomic E-state index is 12.6. The number of carbonyl (C=O) groups is 1. The maximum absolute atomic E-state index is 12.6. The molecule has 1 aromatic heterocycles. The van der Waals surface area contributed by atoms with Gasteiger partial charge in [-0.3, -0.25) is 14.2 Å². The van der Waals surface area contributed by atoms with Crippen molar-refractivity contribution in [2.24, 2.45) is 7.05 Å². The monoisotopic (exact) mass is 388 g/mol. The zero-order valence-corrected chi connectivity index (χ0v) is 14.4. The largest absolute Gasteiger partial charge is 0.471 e. The molecule has 0 saturated heterocycles. The van der Waals surface area contributed by atoms with Gasteiger partial charge in [-0.15, -0.1) is 0 Å². The Morgan fingerprint density at radius 2 is 1.96 bits per heavy atom. The Morgan fingerprint density at radius 1 is 1.23 bits per heavy atom. The first-order valence-corrected chi connectivity index (χ1v) is 9.05. The fraction of sp³-hybridized carbons (Fsp3) is 0.333. The Balaban J connectivity index is 1.87. The number of rotatable bonds is 3. The highest BCUT2D eigenvalue weighted by Gasteiger charge is 2.43. The number of hydrogen-bond acceptors (Lipinski definition) is 4. The Labute approximate surface area is 147 Å². The van der Waals surface area contributed by atoms with Crippen LogP contribution in [-0.2, 0) is 34.8 Å². The topological polar surface area (TPSA) is 84.3 Å². The van der Waals surface area contributed by atoms with Gasteiger partial charge in [0, 0.05) is 26.2 Å². The van der Waals surface area contributed by atoms with Gasteiger partial charge in [0.15, 0.2) is 0 Å². The number of fused-ring (bicyclic) bond motifs is 1. The van der Waals surface area contributed by atoms with Gasteiger partial charge in [0.1, 0.15) is 5.82 Å². The van der Waals surface area contributed by atoms with Crippen molar-refractivity contribution < 1.29 is 26.4 Å². The third-order valence-corrected chi connectivity index (χ3v) is 5.44. The van der Waals surface area contributed by atoms with E-state index in [-0.39, 0.29) is 30.2 Å². The minimum atomic E-state index is -4.96. The summed E-state index contributed by atoms with van der Waals surface area (Å²) in [6.45, 7) is -0.354. The lowest BCUT2D eigenvalue weighted by atomic mass is 10.00. The van der Waals surface area contributed by atoms with Crippen molar-refractivity contribution in [2.45, 2.75) is 24.0 Å². The van der Waals surface area contributed by atoms with Gasteiger partial charge in [-0.1, -0.05) is 6.07 Å². The quantitative estimate of drug-likeness (QED) is 0.867. The number of hydrogen-bond donors (Lipinski definition) is 1. The van der Waals surface area contributed by atoms with E-state index in [2.05, 4.69) is 9.82 Å².